The molecule has 0 fully saturated rings. The summed E-state index contributed by atoms with van der Waals surface area (Å²) in [5.74, 6) is 1.15. The number of aliphatic hydroxyl groups excluding tert-OH is 1. The fourth-order valence-corrected chi connectivity index (χ4v) is 1.96. The molecule has 36 heavy (non-hydrogen) atoms. The lowest BCUT2D eigenvalue weighted by atomic mass is 10.2. The van der Waals surface area contributed by atoms with Gasteiger partial charge in [0.15, 0.2) is 0 Å². The van der Waals surface area contributed by atoms with Crippen molar-refractivity contribution in [3.63, 3.8) is 0 Å². The number of hydrogen-bond acceptors (Lipinski definition) is 7. The Morgan fingerprint density at radius 2 is 1.64 bits per heavy atom. The molecule has 0 aromatic carbocycles. The number of hydrogen-bond donors (Lipinski definition) is 3. The van der Waals surface area contributed by atoms with E-state index in [0.29, 0.717) is 22.9 Å². The van der Waals surface area contributed by atoms with Gasteiger partial charge in [-0.2, -0.15) is 0 Å². The molecule has 0 aliphatic carbocycles. The zero-order valence-corrected chi connectivity index (χ0v) is 24.0. The molecule has 0 saturated heterocycles. The van der Waals surface area contributed by atoms with Crippen LogP contribution in [0.2, 0.25) is 0 Å². The van der Waals surface area contributed by atoms with Crippen molar-refractivity contribution in [1.82, 2.24) is 5.32 Å². The van der Waals surface area contributed by atoms with Crippen LogP contribution in [0.1, 0.15) is 55.4 Å². The van der Waals surface area contributed by atoms with Crippen LogP contribution in [0.3, 0.4) is 0 Å². The minimum absolute atomic E-state index is 0.138. The van der Waals surface area contributed by atoms with Crippen LogP contribution in [0, 0.1) is 0 Å². The van der Waals surface area contributed by atoms with Crippen LogP contribution in [0.25, 0.3) is 0 Å². The predicted octanol–water partition coefficient (Wildman–Crippen LogP) is 5.46. The normalized spacial score (nSPS) is 14.5. The monoisotopic (exact) mass is 503 g/mol. The summed E-state index contributed by atoms with van der Waals surface area (Å²) in [7, 11) is 3.75. The van der Waals surface area contributed by atoms with Gasteiger partial charge in [0.1, 0.15) is 23.8 Å². The molecule has 0 bridgehead atoms. The van der Waals surface area contributed by atoms with Crippen LogP contribution in [0.5, 0.6) is 0 Å². The second-order valence-corrected chi connectivity index (χ2v) is 7.37. The molecule has 0 radical (unpaired) electrons. The van der Waals surface area contributed by atoms with Gasteiger partial charge in [-0.15, -0.1) is 0 Å². The van der Waals surface area contributed by atoms with E-state index in [1.807, 2.05) is 48.7 Å². The lowest BCUT2D eigenvalue weighted by Gasteiger charge is -2.17. The van der Waals surface area contributed by atoms with E-state index in [-0.39, 0.29) is 18.5 Å². The van der Waals surface area contributed by atoms with E-state index in [4.69, 9.17) is 15.2 Å². The molecule has 0 heterocycles. The third-order valence-electron chi connectivity index (χ3n) is 3.50. The Hall–Kier alpha value is -3.23. The largest absolute Gasteiger partial charge is 0.489 e. The topological polar surface area (TPSA) is 114 Å². The van der Waals surface area contributed by atoms with E-state index >= 15 is 0 Å². The molecular formula is C28H49N5O3. The van der Waals surface area contributed by atoms with Crippen LogP contribution in [0.4, 0.5) is 0 Å². The average Bonchev–Trinajstić information content (AvgIpc) is 2.85. The molecule has 2 atom stereocenters. The fraction of sp³-hybridized carbons (Fsp3) is 0.464. The van der Waals surface area contributed by atoms with Crippen LogP contribution < -0.4 is 11.1 Å². The van der Waals surface area contributed by atoms with E-state index < -0.39 is 6.10 Å². The maximum Gasteiger partial charge on any atom is 0.213 e. The molecule has 4 N–H and O–H groups in total. The second-order valence-electron chi connectivity index (χ2n) is 7.37. The molecule has 0 aliphatic heterocycles. The van der Waals surface area contributed by atoms with Gasteiger partial charge in [0, 0.05) is 12.4 Å². The van der Waals surface area contributed by atoms with Crippen LogP contribution in [-0.4, -0.2) is 56.0 Å². The Bertz CT molecular complexity index is 830. The fourth-order valence-electron chi connectivity index (χ4n) is 1.96. The van der Waals surface area contributed by atoms with Gasteiger partial charge in [0.25, 0.3) is 0 Å². The van der Waals surface area contributed by atoms with Gasteiger partial charge < -0.3 is 25.6 Å². The molecule has 2 unspecified atom stereocenters. The average molecular weight is 504 g/mol. The van der Waals surface area contributed by atoms with Crippen molar-refractivity contribution >= 4 is 17.9 Å². The molecule has 0 spiro atoms. The zero-order chi connectivity index (χ0) is 28.5. The standard InChI is InChI=1S/C24H36N4O3.C2H7N.C2H6/c1-9-21(15-26-11-3)28-24(25)18(6)12-22(30-20(8)16-29)13-19(7)31-23(10-2)27-14-17(4)5;1-3-2;1-2/h9-15,19-20,29H,1-2,16H2,3-8H3,(H2,25,28);3H,1-2H3;1-2H3/b18-12+,21-15+,22-13+,26-11?,27-23?;;. The van der Waals surface area contributed by atoms with Gasteiger partial charge in [-0.1, -0.05) is 32.6 Å². The highest BCUT2D eigenvalue weighted by molar-refractivity contribution is 5.97. The highest BCUT2D eigenvalue weighted by atomic mass is 16.5. The lowest BCUT2D eigenvalue weighted by Crippen LogP contribution is -2.17. The second kappa shape index (κ2) is 24.9. The molecule has 0 aromatic rings. The SMILES string of the molecule is C=CC(=NC=C(C)C)OC(C)\C=C(/C=C(C)/C(N)=N/C(C=C)=C/N=CC)OC(C)CO.CC.CNC. The smallest absolute Gasteiger partial charge is 0.213 e. The highest BCUT2D eigenvalue weighted by Gasteiger charge is 2.09. The number of amidine groups is 1. The Labute approximate surface area is 219 Å². The van der Waals surface area contributed by atoms with E-state index in [1.54, 1.807) is 57.6 Å². The quantitative estimate of drug-likeness (QED) is 0.142. The Morgan fingerprint density at radius 3 is 2.08 bits per heavy atom. The summed E-state index contributed by atoms with van der Waals surface area (Å²) >= 11 is 0. The van der Waals surface area contributed by atoms with E-state index in [1.165, 1.54) is 6.08 Å². The molecule has 8 nitrogen and oxygen atoms in total. The van der Waals surface area contributed by atoms with Crippen molar-refractivity contribution in [2.45, 2.75) is 67.6 Å². The van der Waals surface area contributed by atoms with Crippen molar-refractivity contribution in [2.75, 3.05) is 20.7 Å². The van der Waals surface area contributed by atoms with Crippen molar-refractivity contribution in [3.05, 3.63) is 72.5 Å². The molecule has 0 aliphatic rings. The molecule has 0 amide bonds. The lowest BCUT2D eigenvalue weighted by molar-refractivity contribution is 0.0761. The number of aliphatic imine (C=N–C) groups is 3. The maximum absolute atomic E-state index is 9.38. The highest BCUT2D eigenvalue weighted by Crippen LogP contribution is 2.12. The van der Waals surface area contributed by atoms with E-state index in [9.17, 15) is 5.11 Å². The third kappa shape index (κ3) is 21.3. The first-order valence-electron chi connectivity index (χ1n) is 12.0. The zero-order valence-electron chi connectivity index (χ0n) is 24.0. The number of nitrogens with one attached hydrogen (secondary N) is 1. The molecule has 0 aromatic heterocycles. The summed E-state index contributed by atoms with van der Waals surface area (Å²) in [6, 6.07) is 0. The van der Waals surface area contributed by atoms with E-state index in [0.717, 1.165) is 5.57 Å². The van der Waals surface area contributed by atoms with E-state index in [2.05, 4.69) is 33.5 Å². The number of aliphatic hydroxyl groups is 1. The number of rotatable bonds is 12. The Balaban J connectivity index is -0.00000201. The van der Waals surface area contributed by atoms with Gasteiger partial charge in [0.05, 0.1) is 18.5 Å². The van der Waals surface area contributed by atoms with Crippen LogP contribution in [-0.2, 0) is 9.47 Å². The van der Waals surface area contributed by atoms with Gasteiger partial charge in [0.2, 0.25) is 5.90 Å². The molecule has 204 valence electrons. The summed E-state index contributed by atoms with van der Waals surface area (Å²) < 4.78 is 11.6. The molecule has 0 saturated carbocycles. The minimum atomic E-state index is -0.415. The number of allylic oxidation sites excluding steroid dienone is 3. The summed E-state index contributed by atoms with van der Waals surface area (Å²) in [4.78, 5) is 12.6. The predicted molar refractivity (Wildman–Crippen MR) is 157 cm³/mol. The van der Waals surface area contributed by atoms with Crippen molar-refractivity contribution < 1.29 is 14.6 Å². The first-order valence-corrected chi connectivity index (χ1v) is 12.0. The summed E-state index contributed by atoms with van der Waals surface area (Å²) in [5.41, 5.74) is 8.35. The molecule has 0 rings (SSSR count). The number of nitrogens with two attached hydrogens (primary N) is 1. The van der Waals surface area contributed by atoms with Gasteiger partial charge in [-0.3, -0.25) is 4.99 Å². The Kier molecular flexibility index (Phi) is 25.8. The molecule has 8 heteroatoms. The first kappa shape index (κ1) is 37.3. The van der Waals surface area contributed by atoms with Gasteiger partial charge in [-0.05, 0) is 85.5 Å². The summed E-state index contributed by atoms with van der Waals surface area (Å²) in [5, 5.41) is 12.1. The van der Waals surface area contributed by atoms with Crippen LogP contribution >= 0.6 is 0 Å². The Morgan fingerprint density at radius 1 is 1.06 bits per heavy atom. The first-order chi connectivity index (χ1) is 17.1. The van der Waals surface area contributed by atoms with Crippen molar-refractivity contribution in [2.24, 2.45) is 20.7 Å². The summed E-state index contributed by atoms with van der Waals surface area (Å²) in [6.45, 7) is 22.4. The van der Waals surface area contributed by atoms with Gasteiger partial charge in [-0.25, -0.2) is 9.98 Å². The summed E-state index contributed by atoms with van der Waals surface area (Å²) in [6.07, 6.45) is 10.7. The maximum atomic E-state index is 9.38. The molecular weight excluding hydrogens is 454 g/mol. The van der Waals surface area contributed by atoms with Crippen LogP contribution in [0.15, 0.2) is 87.4 Å². The number of ether oxygens (including phenoxy) is 2. The van der Waals surface area contributed by atoms with Crippen molar-refractivity contribution in [1.29, 1.82) is 0 Å². The van der Waals surface area contributed by atoms with Gasteiger partial charge >= 0.3 is 0 Å². The number of nitrogens with zero attached hydrogens (tertiary/aromatic N) is 3. The third-order valence-corrected chi connectivity index (χ3v) is 3.50. The minimum Gasteiger partial charge on any atom is -0.489 e. The van der Waals surface area contributed by atoms with Crippen molar-refractivity contribution in [3.8, 4) is 0 Å².